The van der Waals surface area contributed by atoms with Gasteiger partial charge in [-0.3, -0.25) is 9.69 Å². The van der Waals surface area contributed by atoms with Gasteiger partial charge < -0.3 is 10.1 Å². The molecule has 0 aliphatic carbocycles. The van der Waals surface area contributed by atoms with E-state index in [4.69, 9.17) is 4.74 Å². The van der Waals surface area contributed by atoms with Crippen LogP contribution in [-0.2, 0) is 11.3 Å². The SMILES string of the molecule is O=C(Nc1cccc(CN2CCOCC2)c1)c1ccccc1SC(F)(F)F. The first-order valence-corrected chi connectivity index (χ1v) is 9.27. The van der Waals surface area contributed by atoms with Gasteiger partial charge in [-0.25, -0.2) is 0 Å². The molecule has 1 N–H and O–H groups in total. The Hall–Kier alpha value is -2.03. The average Bonchev–Trinajstić information content (AvgIpc) is 2.62. The zero-order valence-electron chi connectivity index (χ0n) is 14.5. The molecule has 0 saturated carbocycles. The fourth-order valence-corrected chi connectivity index (χ4v) is 3.50. The van der Waals surface area contributed by atoms with Crippen LogP contribution in [0.4, 0.5) is 18.9 Å². The average molecular weight is 396 g/mol. The second-order valence-corrected chi connectivity index (χ2v) is 7.19. The fraction of sp³-hybridized carbons (Fsp3) is 0.316. The summed E-state index contributed by atoms with van der Waals surface area (Å²) >= 11 is -0.287. The molecule has 3 rings (SSSR count). The standard InChI is InChI=1S/C19H19F3N2O2S/c20-19(21,22)27-17-7-2-1-6-16(17)18(25)23-15-5-3-4-14(12-15)13-24-8-10-26-11-9-24/h1-7,12H,8-11,13H2,(H,23,25). The van der Waals surface area contributed by atoms with E-state index in [1.807, 2.05) is 18.2 Å². The molecule has 0 unspecified atom stereocenters. The van der Waals surface area contributed by atoms with Crippen molar-refractivity contribution < 1.29 is 22.7 Å². The molecule has 1 aliphatic heterocycles. The number of thioether (sulfide) groups is 1. The molecule has 2 aromatic rings. The zero-order chi connectivity index (χ0) is 19.3. The lowest BCUT2D eigenvalue weighted by Gasteiger charge is -2.26. The van der Waals surface area contributed by atoms with E-state index in [2.05, 4.69) is 10.2 Å². The van der Waals surface area contributed by atoms with E-state index < -0.39 is 11.4 Å². The van der Waals surface area contributed by atoms with Gasteiger partial charge in [-0.15, -0.1) is 0 Å². The number of ether oxygens (including phenoxy) is 1. The molecule has 0 atom stereocenters. The van der Waals surface area contributed by atoms with Crippen molar-refractivity contribution in [2.24, 2.45) is 0 Å². The predicted molar refractivity (Wildman–Crippen MR) is 98.8 cm³/mol. The van der Waals surface area contributed by atoms with Gasteiger partial charge in [-0.2, -0.15) is 13.2 Å². The van der Waals surface area contributed by atoms with Crippen LogP contribution >= 0.6 is 11.8 Å². The van der Waals surface area contributed by atoms with Crippen LogP contribution in [0.2, 0.25) is 0 Å². The lowest BCUT2D eigenvalue weighted by molar-refractivity contribution is -0.0328. The number of anilines is 1. The molecular weight excluding hydrogens is 377 g/mol. The summed E-state index contributed by atoms with van der Waals surface area (Å²) in [6, 6.07) is 13.0. The number of carbonyl (C=O) groups excluding carboxylic acids is 1. The molecule has 0 bridgehead atoms. The van der Waals surface area contributed by atoms with Gasteiger partial charge in [0.1, 0.15) is 0 Å². The summed E-state index contributed by atoms with van der Waals surface area (Å²) in [7, 11) is 0. The summed E-state index contributed by atoms with van der Waals surface area (Å²) < 4.78 is 43.4. The van der Waals surface area contributed by atoms with E-state index in [1.165, 1.54) is 18.2 Å². The van der Waals surface area contributed by atoms with Crippen LogP contribution in [0.25, 0.3) is 0 Å². The number of nitrogens with one attached hydrogen (secondary N) is 1. The lowest BCUT2D eigenvalue weighted by atomic mass is 10.1. The Morgan fingerprint density at radius 3 is 2.59 bits per heavy atom. The minimum absolute atomic E-state index is 0.00147. The van der Waals surface area contributed by atoms with Crippen molar-refractivity contribution in [1.82, 2.24) is 4.90 Å². The fourth-order valence-electron chi connectivity index (χ4n) is 2.83. The molecule has 1 heterocycles. The van der Waals surface area contributed by atoms with Crippen molar-refractivity contribution in [3.8, 4) is 0 Å². The number of carbonyl (C=O) groups is 1. The lowest BCUT2D eigenvalue weighted by Crippen LogP contribution is -2.35. The smallest absolute Gasteiger partial charge is 0.379 e. The first kappa shape index (κ1) is 19.7. The molecule has 0 aromatic heterocycles. The van der Waals surface area contributed by atoms with Crippen LogP contribution in [-0.4, -0.2) is 42.6 Å². The number of hydrogen-bond acceptors (Lipinski definition) is 4. The first-order chi connectivity index (χ1) is 12.9. The van der Waals surface area contributed by atoms with Crippen LogP contribution in [0.15, 0.2) is 53.4 Å². The highest BCUT2D eigenvalue weighted by Gasteiger charge is 2.31. The second kappa shape index (κ2) is 8.77. The van der Waals surface area contributed by atoms with Gasteiger partial charge in [0, 0.05) is 30.2 Å². The summed E-state index contributed by atoms with van der Waals surface area (Å²) in [6.07, 6.45) is 0. The topological polar surface area (TPSA) is 41.6 Å². The number of amides is 1. The maximum absolute atomic E-state index is 12.7. The Morgan fingerprint density at radius 1 is 1.11 bits per heavy atom. The minimum Gasteiger partial charge on any atom is -0.379 e. The van der Waals surface area contributed by atoms with Crippen LogP contribution in [0, 0.1) is 0 Å². The van der Waals surface area contributed by atoms with Gasteiger partial charge in [0.05, 0.1) is 18.8 Å². The third-order valence-electron chi connectivity index (χ3n) is 4.05. The number of benzene rings is 2. The van der Waals surface area contributed by atoms with Gasteiger partial charge in [0.25, 0.3) is 5.91 Å². The van der Waals surface area contributed by atoms with E-state index in [0.717, 1.165) is 25.2 Å². The largest absolute Gasteiger partial charge is 0.446 e. The molecule has 4 nitrogen and oxygen atoms in total. The van der Waals surface area contributed by atoms with Gasteiger partial charge >= 0.3 is 5.51 Å². The molecule has 2 aromatic carbocycles. The van der Waals surface area contributed by atoms with E-state index in [1.54, 1.807) is 12.1 Å². The van der Waals surface area contributed by atoms with Crippen LogP contribution in [0.1, 0.15) is 15.9 Å². The Bertz CT molecular complexity index is 793. The third-order valence-corrected chi connectivity index (χ3v) is 4.86. The summed E-state index contributed by atoms with van der Waals surface area (Å²) in [5, 5.41) is 2.70. The number of halogens is 3. The van der Waals surface area contributed by atoms with E-state index in [-0.39, 0.29) is 22.2 Å². The highest BCUT2D eigenvalue weighted by molar-refractivity contribution is 8.00. The van der Waals surface area contributed by atoms with E-state index in [9.17, 15) is 18.0 Å². The number of alkyl halides is 3. The Labute approximate surface area is 159 Å². The molecular formula is C19H19F3N2O2S. The third kappa shape index (κ3) is 5.98. The number of morpholine rings is 1. The maximum atomic E-state index is 12.7. The molecule has 1 saturated heterocycles. The second-order valence-electron chi connectivity index (χ2n) is 6.09. The highest BCUT2D eigenvalue weighted by Crippen LogP contribution is 2.38. The van der Waals surface area contributed by atoms with Crippen molar-refractivity contribution in [1.29, 1.82) is 0 Å². The summed E-state index contributed by atoms with van der Waals surface area (Å²) in [4.78, 5) is 14.6. The number of hydrogen-bond donors (Lipinski definition) is 1. The highest BCUT2D eigenvalue weighted by atomic mass is 32.2. The van der Waals surface area contributed by atoms with Crippen molar-refractivity contribution >= 4 is 23.4 Å². The van der Waals surface area contributed by atoms with Crippen molar-refractivity contribution in [3.63, 3.8) is 0 Å². The Balaban J connectivity index is 1.70. The number of nitrogens with zero attached hydrogens (tertiary/aromatic N) is 1. The van der Waals surface area contributed by atoms with Crippen molar-refractivity contribution in [2.45, 2.75) is 16.9 Å². The van der Waals surface area contributed by atoms with Crippen LogP contribution in [0.5, 0.6) is 0 Å². The predicted octanol–water partition coefficient (Wildman–Crippen LogP) is 4.38. The van der Waals surface area contributed by atoms with Crippen molar-refractivity contribution in [3.05, 3.63) is 59.7 Å². The summed E-state index contributed by atoms with van der Waals surface area (Å²) in [5.41, 5.74) is -2.88. The van der Waals surface area contributed by atoms with E-state index >= 15 is 0 Å². The van der Waals surface area contributed by atoms with Crippen molar-refractivity contribution in [2.75, 3.05) is 31.6 Å². The number of rotatable bonds is 5. The zero-order valence-corrected chi connectivity index (χ0v) is 15.3. The molecule has 1 amide bonds. The van der Waals surface area contributed by atoms with Gasteiger partial charge in [0.2, 0.25) is 0 Å². The molecule has 27 heavy (non-hydrogen) atoms. The molecule has 8 heteroatoms. The molecule has 0 radical (unpaired) electrons. The molecule has 0 spiro atoms. The normalized spacial score (nSPS) is 15.5. The summed E-state index contributed by atoms with van der Waals surface area (Å²) in [6.45, 7) is 3.82. The van der Waals surface area contributed by atoms with Gasteiger partial charge in [0.15, 0.2) is 0 Å². The van der Waals surface area contributed by atoms with Crippen LogP contribution in [0.3, 0.4) is 0 Å². The Morgan fingerprint density at radius 2 is 1.85 bits per heavy atom. The summed E-state index contributed by atoms with van der Waals surface area (Å²) in [5.74, 6) is -0.564. The van der Waals surface area contributed by atoms with Gasteiger partial charge in [-0.1, -0.05) is 24.3 Å². The van der Waals surface area contributed by atoms with Crippen LogP contribution < -0.4 is 5.32 Å². The maximum Gasteiger partial charge on any atom is 0.446 e. The van der Waals surface area contributed by atoms with E-state index in [0.29, 0.717) is 18.9 Å². The first-order valence-electron chi connectivity index (χ1n) is 8.46. The Kier molecular flexibility index (Phi) is 6.41. The molecule has 1 aliphatic rings. The molecule has 1 fully saturated rings. The quantitative estimate of drug-likeness (QED) is 0.762. The monoisotopic (exact) mass is 396 g/mol. The molecule has 144 valence electrons. The minimum atomic E-state index is -4.45. The van der Waals surface area contributed by atoms with Gasteiger partial charge in [-0.05, 0) is 41.6 Å².